The van der Waals surface area contributed by atoms with Crippen molar-refractivity contribution in [2.45, 2.75) is 31.2 Å². The van der Waals surface area contributed by atoms with Crippen LogP contribution in [0.15, 0.2) is 24.3 Å². The van der Waals surface area contributed by atoms with Gasteiger partial charge < -0.3 is 0 Å². The van der Waals surface area contributed by atoms with Crippen molar-refractivity contribution in [2.75, 3.05) is 0 Å². The van der Waals surface area contributed by atoms with Gasteiger partial charge in [0.05, 0.1) is 0 Å². The van der Waals surface area contributed by atoms with Crippen molar-refractivity contribution in [2.24, 2.45) is 0 Å². The molecule has 0 saturated carbocycles. The Bertz CT molecular complexity index is 313. The molecule has 0 bridgehead atoms. The van der Waals surface area contributed by atoms with E-state index in [9.17, 15) is 0 Å². The molecule has 1 aromatic rings. The van der Waals surface area contributed by atoms with Crippen molar-refractivity contribution in [3.63, 3.8) is 0 Å². The summed E-state index contributed by atoms with van der Waals surface area (Å²) in [4.78, 5) is 0. The van der Waals surface area contributed by atoms with E-state index in [1.165, 1.54) is 22.9 Å². The van der Waals surface area contributed by atoms with Crippen molar-refractivity contribution in [3.8, 4) is 9.89 Å². The van der Waals surface area contributed by atoms with Crippen molar-refractivity contribution in [1.29, 1.82) is 0 Å². The molecule has 0 aliphatic rings. The first-order chi connectivity index (χ1) is 6.83. The monoisotopic (exact) mass is 302 g/mol. The van der Waals surface area contributed by atoms with E-state index in [1.54, 1.807) is 0 Å². The van der Waals surface area contributed by atoms with Gasteiger partial charge in [-0.3, -0.25) is 0 Å². The zero-order valence-corrected chi connectivity index (χ0v) is 11.2. The second-order valence-electron chi connectivity index (χ2n) is 3.30. The summed E-state index contributed by atoms with van der Waals surface area (Å²) >= 11 is -0.0411. The van der Waals surface area contributed by atoms with E-state index in [-0.39, 0.29) is 20.9 Å². The number of hydrogen-bond acceptors (Lipinski definition) is 0. The normalized spacial score (nSPS) is 9.29. The first-order valence-corrected chi connectivity index (χ1v) is 7.83. The zero-order valence-electron chi connectivity index (χ0n) is 8.84. The van der Waals surface area contributed by atoms with Crippen LogP contribution in [0.1, 0.15) is 30.9 Å². The number of hydrogen-bond donors (Lipinski definition) is 0. The molecular weight excluding hydrogens is 284 g/mol. The Kier molecular flexibility index (Phi) is 5.77. The van der Waals surface area contributed by atoms with Crippen LogP contribution in [-0.2, 0) is 0 Å². The van der Waals surface area contributed by atoms with Crippen LogP contribution in [0.25, 0.3) is 0 Å². The van der Waals surface area contributed by atoms with Crippen LogP contribution < -0.4 is 0 Å². The predicted molar refractivity (Wildman–Crippen MR) is 63.5 cm³/mol. The topological polar surface area (TPSA) is 0 Å². The van der Waals surface area contributed by atoms with E-state index < -0.39 is 0 Å². The summed E-state index contributed by atoms with van der Waals surface area (Å²) in [6, 6.07) is 8.46. The summed E-state index contributed by atoms with van der Waals surface area (Å²) in [5.74, 6) is 3.24. The van der Waals surface area contributed by atoms with Gasteiger partial charge in [0.1, 0.15) is 0 Å². The molecule has 74 valence electrons. The van der Waals surface area contributed by atoms with Crippen molar-refractivity contribution in [1.82, 2.24) is 0 Å². The third kappa shape index (κ3) is 4.71. The van der Waals surface area contributed by atoms with Gasteiger partial charge in [-0.2, -0.15) is 0 Å². The Labute approximate surface area is 97.2 Å². The van der Waals surface area contributed by atoms with Crippen LogP contribution in [-0.4, -0.2) is 20.9 Å². The van der Waals surface area contributed by atoms with Crippen LogP contribution in [0, 0.1) is 16.8 Å². The average Bonchev–Trinajstić information content (AvgIpc) is 2.21. The molecule has 0 N–H and O–H groups in total. The number of unbranched alkanes of at least 4 members (excludes halogenated alkanes) is 1. The van der Waals surface area contributed by atoms with E-state index >= 15 is 0 Å². The molecule has 0 aliphatic carbocycles. The minimum absolute atomic E-state index is 0.0411. The Morgan fingerprint density at radius 3 is 2.57 bits per heavy atom. The van der Waals surface area contributed by atoms with Crippen LogP contribution >= 0.6 is 0 Å². The molecule has 14 heavy (non-hydrogen) atoms. The van der Waals surface area contributed by atoms with E-state index in [2.05, 4.69) is 48.0 Å². The molecule has 0 radical (unpaired) electrons. The Morgan fingerprint density at radius 2 is 1.93 bits per heavy atom. The molecule has 0 atom stereocenters. The van der Waals surface area contributed by atoms with E-state index in [4.69, 9.17) is 0 Å². The number of benzene rings is 1. The Balaban J connectivity index is 2.39. The second kappa shape index (κ2) is 6.94. The fourth-order valence-corrected chi connectivity index (χ4v) is 3.07. The zero-order chi connectivity index (χ0) is 10.2. The maximum atomic E-state index is 3.34. The molecule has 0 aliphatic heterocycles. The standard InChI is InChI=1S/C13H16Te/c1-3-4-10-14-11-9-13-7-5-12(2)6-8-13/h5-8H,3-4,10H2,1-2H3. The Hall–Kier alpha value is -0.430. The molecule has 0 fully saturated rings. The third-order valence-corrected chi connectivity index (χ3v) is 4.03. The molecular formula is C13H16Te. The maximum absolute atomic E-state index is 3.34. The molecule has 0 spiro atoms. The molecule has 0 heterocycles. The number of rotatable bonds is 3. The summed E-state index contributed by atoms with van der Waals surface area (Å²) in [5, 5.41) is 0. The summed E-state index contributed by atoms with van der Waals surface area (Å²) in [5.41, 5.74) is 2.47. The molecule has 1 heteroatoms. The average molecular weight is 300 g/mol. The van der Waals surface area contributed by atoms with Gasteiger partial charge in [0.2, 0.25) is 0 Å². The van der Waals surface area contributed by atoms with Crippen LogP contribution in [0.3, 0.4) is 0 Å². The molecule has 0 aromatic heterocycles. The van der Waals surface area contributed by atoms with Gasteiger partial charge in [0.25, 0.3) is 0 Å². The summed E-state index contributed by atoms with van der Waals surface area (Å²) in [6.07, 6.45) is 2.65. The van der Waals surface area contributed by atoms with Gasteiger partial charge in [-0.1, -0.05) is 0 Å². The van der Waals surface area contributed by atoms with E-state index in [0.717, 1.165) is 5.56 Å². The summed E-state index contributed by atoms with van der Waals surface area (Å²) in [6.45, 7) is 4.34. The van der Waals surface area contributed by atoms with Crippen molar-refractivity contribution in [3.05, 3.63) is 35.4 Å². The van der Waals surface area contributed by atoms with E-state index in [0.29, 0.717) is 0 Å². The predicted octanol–water partition coefficient (Wildman–Crippen LogP) is 3.23. The van der Waals surface area contributed by atoms with Crippen molar-refractivity contribution < 1.29 is 0 Å². The molecule has 0 unspecified atom stereocenters. The molecule has 0 saturated heterocycles. The van der Waals surface area contributed by atoms with Gasteiger partial charge in [-0.25, -0.2) is 0 Å². The van der Waals surface area contributed by atoms with Gasteiger partial charge in [0, 0.05) is 0 Å². The van der Waals surface area contributed by atoms with Crippen LogP contribution in [0.5, 0.6) is 0 Å². The fraction of sp³-hybridized carbons (Fsp3) is 0.385. The first-order valence-electron chi connectivity index (χ1n) is 5.02. The Morgan fingerprint density at radius 1 is 1.21 bits per heavy atom. The third-order valence-electron chi connectivity index (χ3n) is 1.92. The van der Waals surface area contributed by atoms with Crippen LogP contribution in [0.4, 0.5) is 0 Å². The number of aryl methyl sites for hydroxylation is 1. The summed E-state index contributed by atoms with van der Waals surface area (Å²) < 4.78 is 4.70. The molecule has 0 nitrogen and oxygen atoms in total. The van der Waals surface area contributed by atoms with Gasteiger partial charge in [-0.05, 0) is 0 Å². The van der Waals surface area contributed by atoms with Gasteiger partial charge >= 0.3 is 97.4 Å². The van der Waals surface area contributed by atoms with Gasteiger partial charge in [-0.15, -0.1) is 0 Å². The van der Waals surface area contributed by atoms with Crippen LogP contribution in [0.2, 0.25) is 4.47 Å². The molecule has 0 amide bonds. The first kappa shape index (κ1) is 11.6. The minimum atomic E-state index is -0.0411. The fourth-order valence-electron chi connectivity index (χ4n) is 0.999. The summed E-state index contributed by atoms with van der Waals surface area (Å²) in [7, 11) is 0. The van der Waals surface area contributed by atoms with Gasteiger partial charge in [0.15, 0.2) is 0 Å². The molecule has 1 aromatic carbocycles. The van der Waals surface area contributed by atoms with Crippen molar-refractivity contribution >= 4 is 20.9 Å². The second-order valence-corrected chi connectivity index (χ2v) is 5.87. The SMILES string of the molecule is CCCC[Te]C#Cc1ccc(C)cc1. The molecule has 1 rings (SSSR count). The van der Waals surface area contributed by atoms with E-state index in [1.807, 2.05) is 0 Å². The quantitative estimate of drug-likeness (QED) is 0.457.